The molecular weight excluding hydrogens is 562 g/mol. The monoisotopic (exact) mass is 582 g/mol. The summed E-state index contributed by atoms with van der Waals surface area (Å²) in [7, 11) is 0. The van der Waals surface area contributed by atoms with Crippen LogP contribution in [0.5, 0.6) is 0 Å². The molecule has 0 aliphatic rings. The molecule has 0 bridgehead atoms. The van der Waals surface area contributed by atoms with Gasteiger partial charge in [0, 0.05) is 16.3 Å². The molecule has 0 aliphatic carbocycles. The van der Waals surface area contributed by atoms with Gasteiger partial charge in [-0.05, 0) is 75.0 Å². The van der Waals surface area contributed by atoms with Gasteiger partial charge < -0.3 is 4.42 Å². The van der Waals surface area contributed by atoms with Crippen molar-refractivity contribution in [2.45, 2.75) is 12.4 Å². The van der Waals surface area contributed by atoms with Crippen LogP contribution < -0.4 is 0 Å². The quantitative estimate of drug-likeness (QED) is 0.189. The van der Waals surface area contributed by atoms with E-state index in [1.165, 1.54) is 0 Å². The maximum absolute atomic E-state index is 13.4. The summed E-state index contributed by atoms with van der Waals surface area (Å²) in [4.78, 5) is 0. The number of alkyl halides is 6. The fourth-order valence-electron chi connectivity index (χ4n) is 5.54. The molecule has 6 aromatic carbocycles. The summed E-state index contributed by atoms with van der Waals surface area (Å²) in [5, 5.41) is 3.61. The molecule has 0 saturated heterocycles. The molecule has 7 heteroatoms. The van der Waals surface area contributed by atoms with Crippen LogP contribution in [0.15, 0.2) is 126 Å². The highest BCUT2D eigenvalue weighted by Crippen LogP contribution is 2.40. The van der Waals surface area contributed by atoms with Gasteiger partial charge in [-0.2, -0.15) is 26.3 Å². The van der Waals surface area contributed by atoms with Gasteiger partial charge in [0.25, 0.3) is 0 Å². The molecule has 1 aromatic heterocycles. The molecule has 0 radical (unpaired) electrons. The number of rotatable bonds is 3. The zero-order valence-corrected chi connectivity index (χ0v) is 22.2. The van der Waals surface area contributed by atoms with Gasteiger partial charge in [0.1, 0.15) is 11.2 Å². The Morgan fingerprint density at radius 2 is 0.953 bits per heavy atom. The van der Waals surface area contributed by atoms with Gasteiger partial charge in [-0.3, -0.25) is 0 Å². The highest BCUT2D eigenvalue weighted by molar-refractivity contribution is 6.09. The summed E-state index contributed by atoms with van der Waals surface area (Å²) in [6.07, 6.45) is -9.81. The summed E-state index contributed by atoms with van der Waals surface area (Å²) in [6.45, 7) is 0. The summed E-state index contributed by atoms with van der Waals surface area (Å²) in [6, 6.07) is 34.2. The van der Waals surface area contributed by atoms with Crippen LogP contribution in [0.3, 0.4) is 0 Å². The second kappa shape index (κ2) is 9.76. The third-order valence-electron chi connectivity index (χ3n) is 7.69. The third kappa shape index (κ3) is 4.91. The Morgan fingerprint density at radius 3 is 1.58 bits per heavy atom. The van der Waals surface area contributed by atoms with Crippen LogP contribution in [0.2, 0.25) is 0 Å². The van der Waals surface area contributed by atoms with Gasteiger partial charge in [0.2, 0.25) is 0 Å². The Labute approximate surface area is 241 Å². The molecule has 1 heterocycles. The summed E-state index contributed by atoms with van der Waals surface area (Å²) in [5.74, 6) is 0. The molecule has 0 fully saturated rings. The first-order valence-corrected chi connectivity index (χ1v) is 13.4. The van der Waals surface area contributed by atoms with E-state index in [2.05, 4.69) is 0 Å². The first-order valence-electron chi connectivity index (χ1n) is 13.4. The molecule has 212 valence electrons. The van der Waals surface area contributed by atoms with Gasteiger partial charge in [0.05, 0.1) is 11.1 Å². The normalized spacial score (nSPS) is 12.4. The first-order chi connectivity index (χ1) is 20.5. The Morgan fingerprint density at radius 1 is 0.419 bits per heavy atom. The van der Waals surface area contributed by atoms with Crippen molar-refractivity contribution in [1.29, 1.82) is 0 Å². The van der Waals surface area contributed by atoms with E-state index in [4.69, 9.17) is 4.42 Å². The average Bonchev–Trinajstić information content (AvgIpc) is 3.38. The summed E-state index contributed by atoms with van der Waals surface area (Å²) >= 11 is 0. The molecule has 0 unspecified atom stereocenters. The maximum Gasteiger partial charge on any atom is 0.416 e. The van der Waals surface area contributed by atoms with Gasteiger partial charge >= 0.3 is 12.4 Å². The lowest BCUT2D eigenvalue weighted by molar-refractivity contribution is -0.143. The second-order valence-electron chi connectivity index (χ2n) is 10.4. The Bertz CT molecular complexity index is 2120. The Balaban J connectivity index is 1.22. The molecule has 0 saturated carbocycles. The number of benzene rings is 6. The van der Waals surface area contributed by atoms with Gasteiger partial charge in [-0.15, -0.1) is 0 Å². The number of para-hydroxylation sites is 2. The smallest absolute Gasteiger partial charge is 0.416 e. The van der Waals surface area contributed by atoms with E-state index < -0.39 is 23.5 Å². The van der Waals surface area contributed by atoms with Crippen LogP contribution >= 0.6 is 0 Å². The predicted molar refractivity (Wildman–Crippen MR) is 158 cm³/mol. The van der Waals surface area contributed by atoms with E-state index in [1.54, 1.807) is 18.2 Å². The molecule has 0 amide bonds. The third-order valence-corrected chi connectivity index (χ3v) is 7.69. The molecule has 43 heavy (non-hydrogen) atoms. The van der Waals surface area contributed by atoms with Crippen LogP contribution in [-0.2, 0) is 12.4 Å². The molecule has 7 rings (SSSR count). The fraction of sp³-hybridized carbons (Fsp3) is 0.0556. The van der Waals surface area contributed by atoms with Crippen molar-refractivity contribution >= 4 is 32.7 Å². The van der Waals surface area contributed by atoms with Crippen LogP contribution in [0.1, 0.15) is 11.1 Å². The van der Waals surface area contributed by atoms with E-state index in [9.17, 15) is 26.3 Å². The predicted octanol–water partition coefficient (Wildman–Crippen LogP) is 11.8. The minimum Gasteiger partial charge on any atom is -0.455 e. The lowest BCUT2D eigenvalue weighted by Crippen LogP contribution is -2.11. The van der Waals surface area contributed by atoms with Gasteiger partial charge in [0.15, 0.2) is 0 Å². The van der Waals surface area contributed by atoms with E-state index in [1.807, 2.05) is 84.9 Å². The first kappa shape index (κ1) is 26.8. The number of halogens is 6. The van der Waals surface area contributed by atoms with Crippen molar-refractivity contribution in [2.24, 2.45) is 0 Å². The fourth-order valence-corrected chi connectivity index (χ4v) is 5.54. The van der Waals surface area contributed by atoms with Crippen molar-refractivity contribution in [3.8, 4) is 33.4 Å². The lowest BCUT2D eigenvalue weighted by Gasteiger charge is -2.15. The highest BCUT2D eigenvalue weighted by atomic mass is 19.4. The van der Waals surface area contributed by atoms with Crippen molar-refractivity contribution < 1.29 is 30.8 Å². The number of hydrogen-bond acceptors (Lipinski definition) is 1. The van der Waals surface area contributed by atoms with E-state index in [0.717, 1.165) is 61.7 Å². The largest absolute Gasteiger partial charge is 0.455 e. The Hall–Kier alpha value is -5.04. The zero-order chi connectivity index (χ0) is 29.9. The minimum atomic E-state index is -4.91. The second-order valence-corrected chi connectivity index (χ2v) is 10.4. The Kier molecular flexibility index (Phi) is 6.09. The van der Waals surface area contributed by atoms with Crippen LogP contribution in [0.4, 0.5) is 26.3 Å². The molecule has 7 aromatic rings. The van der Waals surface area contributed by atoms with Crippen molar-refractivity contribution in [3.05, 3.63) is 132 Å². The van der Waals surface area contributed by atoms with E-state index in [-0.39, 0.29) is 17.2 Å². The summed E-state index contributed by atoms with van der Waals surface area (Å²) in [5.41, 5.74) is 2.94. The number of furan rings is 1. The van der Waals surface area contributed by atoms with Crippen molar-refractivity contribution in [2.75, 3.05) is 0 Å². The molecule has 0 spiro atoms. The van der Waals surface area contributed by atoms with Crippen molar-refractivity contribution in [1.82, 2.24) is 0 Å². The zero-order valence-electron chi connectivity index (χ0n) is 22.2. The van der Waals surface area contributed by atoms with Crippen LogP contribution in [-0.4, -0.2) is 0 Å². The SMILES string of the molecule is FC(F)(F)c1cc(-c2ccc3cc(-c4ccc(-c5cccc6c5oc5ccccc56)cc4)ccc3c2)cc(C(F)(F)F)c1. The molecule has 0 atom stereocenters. The van der Waals surface area contributed by atoms with Crippen molar-refractivity contribution in [3.63, 3.8) is 0 Å². The molecule has 1 nitrogen and oxygen atoms in total. The molecule has 0 N–H and O–H groups in total. The lowest BCUT2D eigenvalue weighted by atomic mass is 9.95. The van der Waals surface area contributed by atoms with Crippen LogP contribution in [0.25, 0.3) is 66.1 Å². The molecular formula is C36H20F6O. The highest BCUT2D eigenvalue weighted by Gasteiger charge is 2.37. The van der Waals surface area contributed by atoms with E-state index in [0.29, 0.717) is 5.39 Å². The van der Waals surface area contributed by atoms with E-state index >= 15 is 0 Å². The van der Waals surface area contributed by atoms with Gasteiger partial charge in [-0.25, -0.2) is 0 Å². The minimum absolute atomic E-state index is 0.138. The van der Waals surface area contributed by atoms with Crippen LogP contribution in [0, 0.1) is 0 Å². The molecule has 0 aliphatic heterocycles. The topological polar surface area (TPSA) is 13.1 Å². The standard InChI is InChI=1S/C36H20F6O/c37-35(38,39)28-18-27(19-29(20-28)36(40,41)42)26-15-14-24-16-23(12-13-25(24)17-26)21-8-10-22(11-9-21)30-5-3-6-32-31-4-1-2-7-33(31)43-34(30)32/h1-20H. The summed E-state index contributed by atoms with van der Waals surface area (Å²) < 4.78 is 86.4. The average molecular weight is 583 g/mol. The number of fused-ring (bicyclic) bond motifs is 4. The maximum atomic E-state index is 13.4. The number of hydrogen-bond donors (Lipinski definition) is 0. The van der Waals surface area contributed by atoms with Gasteiger partial charge in [-0.1, -0.05) is 84.9 Å².